The fourth-order valence-electron chi connectivity index (χ4n) is 4.41. The van der Waals surface area contributed by atoms with E-state index in [-0.39, 0.29) is 23.0 Å². The van der Waals surface area contributed by atoms with Crippen LogP contribution in [0.3, 0.4) is 0 Å². The van der Waals surface area contributed by atoms with Gasteiger partial charge in [-0.15, -0.1) is 5.10 Å². The molecule has 0 aliphatic heterocycles. The van der Waals surface area contributed by atoms with Gasteiger partial charge < -0.3 is 9.72 Å². The summed E-state index contributed by atoms with van der Waals surface area (Å²) in [4.78, 5) is 18.3. The van der Waals surface area contributed by atoms with Crippen LogP contribution in [0.15, 0.2) is 53.3 Å². The number of aromatic amines is 1. The summed E-state index contributed by atoms with van der Waals surface area (Å²) in [5.41, 5.74) is 1.83. The van der Waals surface area contributed by atoms with Crippen LogP contribution in [0.5, 0.6) is 5.75 Å². The van der Waals surface area contributed by atoms with Crippen molar-refractivity contribution in [1.82, 2.24) is 30.1 Å². The number of aromatic nitrogens is 5. The maximum atomic E-state index is 13.6. The number of halogens is 1. The molecule has 190 valence electrons. The number of hydrogen-bond acceptors (Lipinski definition) is 6. The Morgan fingerprint density at radius 3 is 2.50 bits per heavy atom. The molecule has 1 atom stereocenters. The van der Waals surface area contributed by atoms with Gasteiger partial charge in [0.05, 0.1) is 18.2 Å². The molecule has 0 saturated carbocycles. The average molecular weight is 493 g/mol. The third-order valence-corrected chi connectivity index (χ3v) is 6.13. The molecule has 1 N–H and O–H groups in total. The van der Waals surface area contributed by atoms with E-state index < -0.39 is 0 Å². The van der Waals surface area contributed by atoms with E-state index >= 15 is 0 Å². The molecule has 0 fully saturated rings. The number of pyridine rings is 1. The number of rotatable bonds is 9. The summed E-state index contributed by atoms with van der Waals surface area (Å²) in [7, 11) is 0. The van der Waals surface area contributed by atoms with E-state index in [0.29, 0.717) is 25.3 Å². The predicted molar refractivity (Wildman–Crippen MR) is 137 cm³/mol. The number of H-pyrrole nitrogens is 1. The van der Waals surface area contributed by atoms with Crippen LogP contribution in [-0.4, -0.2) is 36.7 Å². The molecule has 4 rings (SSSR count). The number of nitrogens with one attached hydrogen (secondary N) is 1. The van der Waals surface area contributed by atoms with Crippen molar-refractivity contribution in [3.8, 4) is 5.75 Å². The van der Waals surface area contributed by atoms with Crippen LogP contribution in [0.25, 0.3) is 10.9 Å². The molecule has 0 amide bonds. The number of hydrogen-bond donors (Lipinski definition) is 1. The minimum absolute atomic E-state index is 0.152. The van der Waals surface area contributed by atoms with Gasteiger partial charge in [0.2, 0.25) is 0 Å². The third-order valence-electron chi connectivity index (χ3n) is 6.13. The first-order valence-electron chi connectivity index (χ1n) is 12.3. The highest BCUT2D eigenvalue weighted by atomic mass is 19.1. The Kier molecular flexibility index (Phi) is 7.49. The second-order valence-electron chi connectivity index (χ2n) is 9.88. The van der Waals surface area contributed by atoms with Crippen molar-refractivity contribution in [3.05, 3.63) is 81.7 Å². The van der Waals surface area contributed by atoms with Gasteiger partial charge in [0.1, 0.15) is 11.6 Å². The highest BCUT2D eigenvalue weighted by molar-refractivity contribution is 5.80. The van der Waals surface area contributed by atoms with E-state index in [2.05, 4.69) is 32.3 Å². The first-order chi connectivity index (χ1) is 17.2. The van der Waals surface area contributed by atoms with Gasteiger partial charge in [-0.2, -0.15) is 0 Å². The SMILES string of the molecule is CCOc1ccc2[nH]c(=O)c(CN(Cc3ccc(F)cc3)[C@H](CC)c3nnnn3C(C)(C)C)cc2c1. The van der Waals surface area contributed by atoms with Crippen LogP contribution in [0.1, 0.15) is 64.0 Å². The lowest BCUT2D eigenvalue weighted by molar-refractivity contribution is 0.153. The van der Waals surface area contributed by atoms with Crippen molar-refractivity contribution in [2.24, 2.45) is 0 Å². The van der Waals surface area contributed by atoms with Crippen LogP contribution in [0, 0.1) is 5.82 Å². The maximum Gasteiger partial charge on any atom is 0.252 e. The zero-order valence-corrected chi connectivity index (χ0v) is 21.5. The second-order valence-corrected chi connectivity index (χ2v) is 9.88. The maximum absolute atomic E-state index is 13.6. The average Bonchev–Trinajstić information content (AvgIpc) is 3.32. The van der Waals surface area contributed by atoms with Crippen LogP contribution in [-0.2, 0) is 18.6 Å². The molecule has 2 aromatic carbocycles. The molecule has 0 spiro atoms. The van der Waals surface area contributed by atoms with Crippen molar-refractivity contribution in [3.63, 3.8) is 0 Å². The van der Waals surface area contributed by atoms with Crippen molar-refractivity contribution in [2.45, 2.75) is 65.7 Å². The lowest BCUT2D eigenvalue weighted by Crippen LogP contribution is -2.35. The Morgan fingerprint density at radius 2 is 1.83 bits per heavy atom. The van der Waals surface area contributed by atoms with Gasteiger partial charge in [-0.1, -0.05) is 19.1 Å². The quantitative estimate of drug-likeness (QED) is 0.355. The fraction of sp³-hybridized carbons (Fsp3) is 0.407. The Bertz CT molecular complexity index is 1370. The summed E-state index contributed by atoms with van der Waals surface area (Å²) in [6.07, 6.45) is 0.720. The van der Waals surface area contributed by atoms with Gasteiger partial charge in [0.15, 0.2) is 5.82 Å². The van der Waals surface area contributed by atoms with Crippen molar-refractivity contribution in [2.75, 3.05) is 6.61 Å². The van der Waals surface area contributed by atoms with Gasteiger partial charge in [0.25, 0.3) is 5.56 Å². The molecule has 0 aliphatic carbocycles. The topological polar surface area (TPSA) is 88.9 Å². The van der Waals surface area contributed by atoms with Crippen LogP contribution >= 0.6 is 0 Å². The van der Waals surface area contributed by atoms with Gasteiger partial charge in [-0.05, 0) is 86.5 Å². The fourth-order valence-corrected chi connectivity index (χ4v) is 4.41. The van der Waals surface area contributed by atoms with E-state index in [1.54, 1.807) is 12.1 Å². The van der Waals surface area contributed by atoms with E-state index in [1.807, 2.05) is 56.6 Å². The lowest BCUT2D eigenvalue weighted by Gasteiger charge is -2.32. The van der Waals surface area contributed by atoms with E-state index in [1.165, 1.54) is 12.1 Å². The minimum atomic E-state index is -0.316. The summed E-state index contributed by atoms with van der Waals surface area (Å²) < 4.78 is 21.1. The van der Waals surface area contributed by atoms with E-state index in [4.69, 9.17) is 4.74 Å². The molecular weight excluding hydrogens is 459 g/mol. The lowest BCUT2D eigenvalue weighted by atomic mass is 10.0. The van der Waals surface area contributed by atoms with Crippen molar-refractivity contribution < 1.29 is 9.13 Å². The first kappa shape index (κ1) is 25.5. The van der Waals surface area contributed by atoms with Crippen LogP contribution in [0.4, 0.5) is 4.39 Å². The molecule has 0 radical (unpaired) electrons. The molecule has 8 nitrogen and oxygen atoms in total. The molecule has 36 heavy (non-hydrogen) atoms. The molecule has 2 aromatic heterocycles. The van der Waals surface area contributed by atoms with E-state index in [9.17, 15) is 9.18 Å². The summed E-state index contributed by atoms with van der Waals surface area (Å²) in [5.74, 6) is 1.19. The molecule has 0 aliphatic rings. The molecule has 0 bridgehead atoms. The number of fused-ring (bicyclic) bond motifs is 1. The standard InChI is InChI=1S/C27H33FN6O2/c1-6-24(25-30-31-32-34(25)27(3,4)5)33(16-18-8-10-21(28)11-9-18)17-20-14-19-15-22(36-7-2)12-13-23(19)29-26(20)35/h8-15,24H,6-7,16-17H2,1-5H3,(H,29,35)/t24-/m1/s1. The highest BCUT2D eigenvalue weighted by Crippen LogP contribution is 2.29. The number of tetrazole rings is 1. The van der Waals surface area contributed by atoms with Gasteiger partial charge in [-0.25, -0.2) is 9.07 Å². The first-order valence-corrected chi connectivity index (χ1v) is 12.3. The molecule has 4 aromatic rings. The Labute approximate surface area is 210 Å². The third kappa shape index (κ3) is 5.62. The van der Waals surface area contributed by atoms with E-state index in [0.717, 1.165) is 34.5 Å². The molecule has 0 unspecified atom stereocenters. The van der Waals surface area contributed by atoms with Crippen molar-refractivity contribution >= 4 is 10.9 Å². The Morgan fingerprint density at radius 1 is 1.08 bits per heavy atom. The highest BCUT2D eigenvalue weighted by Gasteiger charge is 2.29. The zero-order chi connectivity index (χ0) is 25.9. The second kappa shape index (κ2) is 10.6. The number of ether oxygens (including phenoxy) is 1. The summed E-state index contributed by atoms with van der Waals surface area (Å²) >= 11 is 0. The minimum Gasteiger partial charge on any atom is -0.494 e. The summed E-state index contributed by atoms with van der Waals surface area (Å²) in [6, 6.07) is 13.8. The molecular formula is C27H33FN6O2. The van der Waals surface area contributed by atoms with Crippen LogP contribution < -0.4 is 10.3 Å². The summed E-state index contributed by atoms with van der Waals surface area (Å²) in [5, 5.41) is 13.5. The Hall–Kier alpha value is -3.59. The van der Waals surface area contributed by atoms with Crippen molar-refractivity contribution in [1.29, 1.82) is 0 Å². The zero-order valence-electron chi connectivity index (χ0n) is 21.5. The molecule has 2 heterocycles. The summed E-state index contributed by atoms with van der Waals surface area (Å²) in [6.45, 7) is 11.6. The largest absolute Gasteiger partial charge is 0.494 e. The molecule has 9 heteroatoms. The predicted octanol–water partition coefficient (Wildman–Crippen LogP) is 4.96. The Balaban J connectivity index is 1.76. The van der Waals surface area contributed by atoms with Gasteiger partial charge in [-0.3, -0.25) is 9.69 Å². The van der Waals surface area contributed by atoms with Gasteiger partial charge >= 0.3 is 0 Å². The van der Waals surface area contributed by atoms with Gasteiger partial charge in [0, 0.05) is 29.6 Å². The number of nitrogens with zero attached hydrogens (tertiary/aromatic N) is 5. The van der Waals surface area contributed by atoms with Crippen LogP contribution in [0.2, 0.25) is 0 Å². The normalized spacial score (nSPS) is 12.9. The molecule has 0 saturated heterocycles. The smallest absolute Gasteiger partial charge is 0.252 e. The monoisotopic (exact) mass is 492 g/mol. The number of benzene rings is 2.